The van der Waals surface area contributed by atoms with Crippen LogP contribution in [0, 0.1) is 29.6 Å². The Kier molecular flexibility index (Phi) is 2.30. The van der Waals surface area contributed by atoms with Gasteiger partial charge in [0.25, 0.3) is 0 Å². The molecule has 1 saturated heterocycles. The van der Waals surface area contributed by atoms with Gasteiger partial charge in [-0.15, -0.1) is 0 Å². The number of fused-ring (bicyclic) bond motifs is 5. The van der Waals surface area contributed by atoms with Gasteiger partial charge in [0, 0.05) is 12.5 Å². The number of thiocarbonyl (C=S) groups is 1. The second-order valence-corrected chi connectivity index (χ2v) is 7.08. The van der Waals surface area contributed by atoms with E-state index in [1.807, 2.05) is 4.90 Å². The first-order valence-electron chi connectivity index (χ1n) is 7.28. The lowest BCUT2D eigenvalue weighted by atomic mass is 10.0. The zero-order chi connectivity index (χ0) is 12.4. The number of carbonyl (C=O) groups excluding carboxylic acids is 1. The quantitative estimate of drug-likeness (QED) is 0.770. The number of nitrogens with zero attached hydrogens (tertiary/aromatic N) is 1. The normalized spacial score (nSPS) is 48.3. The lowest BCUT2D eigenvalue weighted by molar-refractivity contribution is -0.133. The van der Waals surface area contributed by atoms with Crippen molar-refractivity contribution in [3.8, 4) is 0 Å². The number of hydrogen-bond acceptors (Lipinski definition) is 2. The summed E-state index contributed by atoms with van der Waals surface area (Å²) in [7, 11) is 0. The Morgan fingerprint density at radius 2 is 1.83 bits per heavy atom. The lowest BCUT2D eigenvalue weighted by Gasteiger charge is -2.25. The molecule has 1 aliphatic heterocycles. The third-order valence-electron chi connectivity index (χ3n) is 5.88. The average Bonchev–Trinajstić information content (AvgIpc) is 2.78. The summed E-state index contributed by atoms with van der Waals surface area (Å²) in [6.07, 6.45) is 6.17. The second-order valence-electron chi connectivity index (χ2n) is 6.61. The molecule has 2 bridgehead atoms. The van der Waals surface area contributed by atoms with Crippen LogP contribution in [-0.4, -0.2) is 28.4 Å². The molecular weight excluding hydrogens is 244 g/mol. The molecule has 0 aromatic heterocycles. The van der Waals surface area contributed by atoms with Crippen molar-refractivity contribution in [1.29, 1.82) is 0 Å². The summed E-state index contributed by atoms with van der Waals surface area (Å²) in [5.41, 5.74) is 5.77. The fraction of sp³-hybridized carbons (Fsp3) is 0.857. The molecule has 0 radical (unpaired) electrons. The third kappa shape index (κ3) is 1.35. The van der Waals surface area contributed by atoms with Crippen molar-refractivity contribution in [2.75, 3.05) is 6.54 Å². The van der Waals surface area contributed by atoms with Gasteiger partial charge in [0.1, 0.15) is 0 Å². The monoisotopic (exact) mass is 264 g/mol. The number of amides is 1. The smallest absolute Gasteiger partial charge is 0.226 e. The highest BCUT2D eigenvalue weighted by Gasteiger charge is 2.68. The van der Waals surface area contributed by atoms with Gasteiger partial charge >= 0.3 is 0 Å². The van der Waals surface area contributed by atoms with Gasteiger partial charge in [-0.3, -0.25) is 4.79 Å². The minimum atomic E-state index is 0.0477. The minimum absolute atomic E-state index is 0.0477. The highest BCUT2D eigenvalue weighted by Crippen LogP contribution is 2.69. The zero-order valence-electron chi connectivity index (χ0n) is 10.5. The van der Waals surface area contributed by atoms with Crippen molar-refractivity contribution < 1.29 is 4.79 Å². The van der Waals surface area contributed by atoms with Gasteiger partial charge in [-0.25, -0.2) is 0 Å². The first kappa shape index (κ1) is 11.2. The van der Waals surface area contributed by atoms with Gasteiger partial charge in [0.2, 0.25) is 5.91 Å². The van der Waals surface area contributed by atoms with E-state index in [9.17, 15) is 4.79 Å². The predicted molar refractivity (Wildman–Crippen MR) is 72.8 cm³/mol. The van der Waals surface area contributed by atoms with Crippen LogP contribution < -0.4 is 5.73 Å². The van der Waals surface area contributed by atoms with Crippen LogP contribution in [0.4, 0.5) is 0 Å². The van der Waals surface area contributed by atoms with E-state index in [4.69, 9.17) is 18.0 Å². The van der Waals surface area contributed by atoms with Crippen LogP contribution in [0.25, 0.3) is 0 Å². The molecule has 4 aliphatic rings. The molecule has 0 aromatic carbocycles. The maximum atomic E-state index is 12.7. The number of nitrogens with two attached hydrogens (primary N) is 1. The summed E-state index contributed by atoms with van der Waals surface area (Å²) in [5, 5.41) is 0. The van der Waals surface area contributed by atoms with Crippen LogP contribution in [0.5, 0.6) is 0 Å². The van der Waals surface area contributed by atoms with Crippen LogP contribution >= 0.6 is 12.2 Å². The Hall–Kier alpha value is -0.640. The van der Waals surface area contributed by atoms with Crippen molar-refractivity contribution in [3.05, 3.63) is 0 Å². The SMILES string of the molecule is NC(=S)C1CCCN1C(=O)C1C2C3CCC(C3)C12. The summed E-state index contributed by atoms with van der Waals surface area (Å²) in [6.45, 7) is 0.867. The van der Waals surface area contributed by atoms with Crippen molar-refractivity contribution >= 4 is 23.1 Å². The Morgan fingerprint density at radius 3 is 2.44 bits per heavy atom. The summed E-state index contributed by atoms with van der Waals surface area (Å²) in [6, 6.07) is 0.0477. The maximum Gasteiger partial charge on any atom is 0.226 e. The highest BCUT2D eigenvalue weighted by atomic mass is 32.1. The number of carbonyl (C=O) groups is 1. The molecule has 0 spiro atoms. The molecule has 98 valence electrons. The van der Waals surface area contributed by atoms with Crippen molar-refractivity contribution in [3.63, 3.8) is 0 Å². The molecule has 5 atom stereocenters. The van der Waals surface area contributed by atoms with Crippen LogP contribution in [0.3, 0.4) is 0 Å². The Labute approximate surface area is 113 Å². The van der Waals surface area contributed by atoms with Gasteiger partial charge in [0.15, 0.2) is 0 Å². The second kappa shape index (κ2) is 3.69. The van der Waals surface area contributed by atoms with Gasteiger partial charge in [0.05, 0.1) is 11.0 Å². The summed E-state index contributed by atoms with van der Waals surface area (Å²) in [4.78, 5) is 15.2. The summed E-state index contributed by atoms with van der Waals surface area (Å²) in [5.74, 6) is 3.88. The molecule has 4 fully saturated rings. The molecule has 1 amide bonds. The Morgan fingerprint density at radius 1 is 1.17 bits per heavy atom. The van der Waals surface area contributed by atoms with Gasteiger partial charge in [-0.1, -0.05) is 12.2 Å². The maximum absolute atomic E-state index is 12.7. The molecule has 4 rings (SSSR count). The fourth-order valence-corrected chi connectivity index (χ4v) is 5.42. The molecule has 1 heterocycles. The number of hydrogen-bond donors (Lipinski definition) is 1. The van der Waals surface area contributed by atoms with Crippen LogP contribution in [0.1, 0.15) is 32.1 Å². The van der Waals surface area contributed by atoms with E-state index in [1.165, 1.54) is 19.3 Å². The van der Waals surface area contributed by atoms with Crippen molar-refractivity contribution in [1.82, 2.24) is 4.90 Å². The Balaban J connectivity index is 1.50. The van der Waals surface area contributed by atoms with E-state index < -0.39 is 0 Å². The zero-order valence-corrected chi connectivity index (χ0v) is 11.4. The minimum Gasteiger partial charge on any atom is -0.392 e. The fourth-order valence-electron chi connectivity index (χ4n) is 5.17. The molecule has 3 saturated carbocycles. The molecule has 2 N–H and O–H groups in total. The molecule has 0 aromatic rings. The van der Waals surface area contributed by atoms with Crippen LogP contribution in [0.2, 0.25) is 0 Å². The van der Waals surface area contributed by atoms with E-state index in [1.54, 1.807) is 0 Å². The Bertz CT molecular complexity index is 408. The van der Waals surface area contributed by atoms with E-state index in [0.717, 1.165) is 43.1 Å². The van der Waals surface area contributed by atoms with Gasteiger partial charge in [-0.05, 0) is 55.8 Å². The molecule has 18 heavy (non-hydrogen) atoms. The van der Waals surface area contributed by atoms with Gasteiger partial charge in [-0.2, -0.15) is 0 Å². The third-order valence-corrected chi connectivity index (χ3v) is 6.16. The van der Waals surface area contributed by atoms with E-state index in [2.05, 4.69) is 0 Å². The van der Waals surface area contributed by atoms with Crippen molar-refractivity contribution in [2.45, 2.75) is 38.1 Å². The molecule has 3 aliphatic carbocycles. The highest BCUT2D eigenvalue weighted by molar-refractivity contribution is 7.80. The molecule has 5 unspecified atom stereocenters. The van der Waals surface area contributed by atoms with Crippen molar-refractivity contribution in [2.24, 2.45) is 35.3 Å². The van der Waals surface area contributed by atoms with E-state index in [0.29, 0.717) is 16.8 Å². The first-order chi connectivity index (χ1) is 8.68. The summed E-state index contributed by atoms with van der Waals surface area (Å²) < 4.78 is 0. The van der Waals surface area contributed by atoms with Gasteiger partial charge < -0.3 is 10.6 Å². The standard InChI is InChI=1S/C14H20N2OS/c15-13(18)9-2-1-5-16(9)14(17)12-10-7-3-4-8(6-7)11(10)12/h7-12H,1-6H2,(H2,15,18). The van der Waals surface area contributed by atoms with E-state index >= 15 is 0 Å². The molecular formula is C14H20N2OS. The topological polar surface area (TPSA) is 46.3 Å². The predicted octanol–water partition coefficient (Wildman–Crippen LogP) is 1.56. The molecule has 4 heteroatoms. The number of likely N-dealkylation sites (tertiary alicyclic amines) is 1. The first-order valence-corrected chi connectivity index (χ1v) is 7.69. The average molecular weight is 264 g/mol. The largest absolute Gasteiger partial charge is 0.392 e. The molecule has 3 nitrogen and oxygen atoms in total. The van der Waals surface area contributed by atoms with Crippen LogP contribution in [-0.2, 0) is 4.79 Å². The van der Waals surface area contributed by atoms with E-state index in [-0.39, 0.29) is 6.04 Å². The summed E-state index contributed by atoms with van der Waals surface area (Å²) >= 11 is 5.10. The van der Waals surface area contributed by atoms with Crippen LogP contribution in [0.15, 0.2) is 0 Å². The number of rotatable bonds is 2. The lowest BCUT2D eigenvalue weighted by Crippen LogP contribution is -2.44.